The van der Waals surface area contributed by atoms with E-state index in [-0.39, 0.29) is 49.3 Å². The minimum absolute atomic E-state index is 0.00197. The molecular formula is C33H40N3O11P. The molecule has 0 spiro atoms. The summed E-state index contributed by atoms with van der Waals surface area (Å²) in [6, 6.07) is 8.25. The summed E-state index contributed by atoms with van der Waals surface area (Å²) in [7, 11) is 1.01. The van der Waals surface area contributed by atoms with Crippen molar-refractivity contribution >= 4 is 36.4 Å². The molecule has 14 nitrogen and oxygen atoms in total. The Kier molecular flexibility index (Phi) is 9.41. The van der Waals surface area contributed by atoms with E-state index < -0.39 is 71.1 Å². The van der Waals surface area contributed by atoms with Gasteiger partial charge in [-0.05, 0) is 61.9 Å². The van der Waals surface area contributed by atoms with Gasteiger partial charge in [0, 0.05) is 37.7 Å². The number of benzene rings is 2. The Balaban J connectivity index is 1.67. The maximum absolute atomic E-state index is 14.3. The van der Waals surface area contributed by atoms with E-state index in [4.69, 9.17) is 19.5 Å². The summed E-state index contributed by atoms with van der Waals surface area (Å²) in [6.07, 6.45) is -0.202. The van der Waals surface area contributed by atoms with Crippen molar-refractivity contribution in [1.82, 2.24) is 0 Å². The predicted molar refractivity (Wildman–Crippen MR) is 175 cm³/mol. The molecule has 0 heterocycles. The van der Waals surface area contributed by atoms with Gasteiger partial charge in [0.15, 0.2) is 17.2 Å². The number of nitrogens with two attached hydrogens (primary N) is 1. The molecule has 0 aliphatic heterocycles. The molecular weight excluding hydrogens is 645 g/mol. The second-order valence-electron chi connectivity index (χ2n) is 12.1. The number of methoxy groups -OCH3 is 1. The zero-order valence-corrected chi connectivity index (χ0v) is 28.2. The number of phenolic OH excluding ortho intramolecular Hbond substituents is 1. The van der Waals surface area contributed by atoms with Crippen molar-refractivity contribution in [3.8, 4) is 11.5 Å². The highest BCUT2D eigenvalue weighted by Crippen LogP contribution is 2.62. The molecule has 4 atom stereocenters. The number of rotatable bonds is 11. The van der Waals surface area contributed by atoms with Gasteiger partial charge in [-0.25, -0.2) is 0 Å². The molecule has 0 fully saturated rings. The van der Waals surface area contributed by atoms with Gasteiger partial charge in [0.25, 0.3) is 5.91 Å². The summed E-state index contributed by atoms with van der Waals surface area (Å²) in [5.74, 6) is -7.88. The first-order valence-corrected chi connectivity index (χ1v) is 17.1. The average molecular weight is 686 g/mol. The van der Waals surface area contributed by atoms with Crippen LogP contribution < -0.4 is 20.7 Å². The second kappa shape index (κ2) is 12.9. The quantitative estimate of drug-likeness (QED) is 0.112. The summed E-state index contributed by atoms with van der Waals surface area (Å²) in [6.45, 7) is 3.42. The van der Waals surface area contributed by atoms with Crippen LogP contribution in [-0.4, -0.2) is 77.9 Å². The number of ether oxygens (including phenoxy) is 1. The maximum atomic E-state index is 14.3. The Morgan fingerprint density at radius 1 is 1.10 bits per heavy atom. The third-order valence-corrected chi connectivity index (χ3v) is 11.5. The number of fused-ring (bicyclic) bond motifs is 3. The van der Waals surface area contributed by atoms with E-state index in [0.29, 0.717) is 22.6 Å². The lowest BCUT2D eigenvalue weighted by molar-refractivity contribution is -0.144. The fraction of sp³-hybridized carbons (Fsp3) is 0.424. The molecule has 0 radical (unpaired) electrons. The molecule has 3 aliphatic rings. The normalized spacial score (nSPS) is 22.9. The number of carbonyl (C=O) groups is 3. The van der Waals surface area contributed by atoms with Crippen LogP contribution in [0.1, 0.15) is 54.0 Å². The van der Waals surface area contributed by atoms with Crippen LogP contribution >= 0.6 is 7.60 Å². The number of aromatic hydroxyl groups is 1. The largest absolute Gasteiger partial charge is 0.511 e. The number of ketones is 2. The van der Waals surface area contributed by atoms with Gasteiger partial charge in [-0.15, -0.1) is 0 Å². The number of nitrogens with zero attached hydrogens (tertiary/aromatic N) is 1. The van der Waals surface area contributed by atoms with Crippen LogP contribution in [0.25, 0.3) is 0 Å². The van der Waals surface area contributed by atoms with Crippen LogP contribution in [0, 0.1) is 11.8 Å². The Hall–Kier alpha value is -4.36. The summed E-state index contributed by atoms with van der Waals surface area (Å²) in [5, 5.41) is 48.3. The van der Waals surface area contributed by atoms with Crippen LogP contribution in [0.2, 0.25) is 0 Å². The molecule has 15 heteroatoms. The number of anilines is 2. The standard InChI is InChI=1S/C33H40N3O11P/c1-6-46-48(44,47-7-2)32(16-8-10-19(45-5)11-9-16)35-21-15-22(36(3)4)20-13-17-12-18-14-23(37)26(31(34)42)30(41)33(18,43)29(40)24(17)28(39)25(20)27(21)38/h8-11,15,17-18,32,35,37-38,40,43H,6-7,12-14H2,1-5H3,(H2,34,42)/t17-,18+,32?,33+/m1/s1. The van der Waals surface area contributed by atoms with Crippen molar-refractivity contribution in [3.05, 3.63) is 69.7 Å². The first-order valence-electron chi connectivity index (χ1n) is 15.5. The van der Waals surface area contributed by atoms with E-state index in [1.54, 1.807) is 63.2 Å². The molecule has 258 valence electrons. The third kappa shape index (κ3) is 5.52. The zero-order chi connectivity index (χ0) is 35.3. The van der Waals surface area contributed by atoms with Crippen molar-refractivity contribution in [1.29, 1.82) is 0 Å². The lowest BCUT2D eigenvalue weighted by Crippen LogP contribution is -2.57. The van der Waals surface area contributed by atoms with Crippen LogP contribution in [0.15, 0.2) is 53.0 Å². The molecule has 48 heavy (non-hydrogen) atoms. The van der Waals surface area contributed by atoms with E-state index in [9.17, 15) is 39.4 Å². The average Bonchev–Trinajstić information content (AvgIpc) is 3.02. The molecule has 1 amide bonds. The lowest BCUT2D eigenvalue weighted by Gasteiger charge is -2.46. The number of carbonyl (C=O) groups excluding carboxylic acids is 3. The number of primary amides is 1. The van der Waals surface area contributed by atoms with E-state index >= 15 is 0 Å². The molecule has 3 aliphatic carbocycles. The molecule has 5 rings (SSSR count). The van der Waals surface area contributed by atoms with Crippen LogP contribution in [0.3, 0.4) is 0 Å². The number of nitrogens with one attached hydrogen (secondary N) is 1. The molecule has 7 N–H and O–H groups in total. The van der Waals surface area contributed by atoms with Crippen molar-refractivity contribution in [2.24, 2.45) is 17.6 Å². The Morgan fingerprint density at radius 2 is 1.73 bits per heavy atom. The molecule has 2 aromatic carbocycles. The number of aliphatic hydroxyl groups is 3. The molecule has 2 aromatic rings. The zero-order valence-electron chi connectivity index (χ0n) is 27.3. The smallest absolute Gasteiger partial charge is 0.357 e. The van der Waals surface area contributed by atoms with Crippen LogP contribution in [0.5, 0.6) is 11.5 Å². The van der Waals surface area contributed by atoms with Gasteiger partial charge in [0.05, 0.1) is 31.6 Å². The fourth-order valence-corrected chi connectivity index (χ4v) is 8.93. The number of phenols is 1. The minimum Gasteiger partial charge on any atom is -0.511 e. The maximum Gasteiger partial charge on any atom is 0.357 e. The summed E-state index contributed by atoms with van der Waals surface area (Å²) >= 11 is 0. The van der Waals surface area contributed by atoms with Gasteiger partial charge in [-0.1, -0.05) is 12.1 Å². The highest BCUT2D eigenvalue weighted by molar-refractivity contribution is 7.54. The molecule has 0 saturated carbocycles. The third-order valence-electron chi connectivity index (χ3n) is 9.18. The molecule has 1 unspecified atom stereocenters. The van der Waals surface area contributed by atoms with Crippen LogP contribution in [-0.2, 0) is 29.6 Å². The van der Waals surface area contributed by atoms with Gasteiger partial charge >= 0.3 is 7.60 Å². The highest BCUT2D eigenvalue weighted by Gasteiger charge is 2.60. The van der Waals surface area contributed by atoms with Crippen molar-refractivity contribution in [2.45, 2.75) is 44.5 Å². The molecule has 0 aromatic heterocycles. The van der Waals surface area contributed by atoms with Crippen molar-refractivity contribution in [3.63, 3.8) is 0 Å². The van der Waals surface area contributed by atoms with Crippen molar-refractivity contribution in [2.75, 3.05) is 44.6 Å². The first kappa shape index (κ1) is 35.0. The second-order valence-corrected chi connectivity index (χ2v) is 14.3. The van der Waals surface area contributed by atoms with E-state index in [1.165, 1.54) is 7.11 Å². The first-order chi connectivity index (χ1) is 22.6. The van der Waals surface area contributed by atoms with E-state index in [1.807, 2.05) is 0 Å². The van der Waals surface area contributed by atoms with Gasteiger partial charge in [-0.2, -0.15) is 0 Å². The Morgan fingerprint density at radius 3 is 2.27 bits per heavy atom. The predicted octanol–water partition coefficient (Wildman–Crippen LogP) is 4.03. The Labute approximate surface area is 277 Å². The number of hydrogen-bond donors (Lipinski definition) is 6. The van der Waals surface area contributed by atoms with Gasteiger partial charge in [0.1, 0.15) is 28.6 Å². The van der Waals surface area contributed by atoms with Gasteiger partial charge < -0.3 is 50.2 Å². The van der Waals surface area contributed by atoms with Crippen LogP contribution in [0.4, 0.5) is 11.4 Å². The minimum atomic E-state index is -3.97. The fourth-order valence-electron chi connectivity index (χ4n) is 7.00. The summed E-state index contributed by atoms with van der Waals surface area (Å²) < 4.78 is 30.9. The summed E-state index contributed by atoms with van der Waals surface area (Å²) in [4.78, 5) is 41.4. The SMILES string of the molecule is CCOP(=O)(OCC)C(Nc1cc(N(C)C)c2c(c1O)C(=O)C1=C(O)[C@]3(O)C(=O)C(C(N)=O)=C(O)C[C@@H]3C[C@@H]1C2)c1ccc(OC)cc1. The van der Waals surface area contributed by atoms with E-state index in [0.717, 1.165) is 0 Å². The number of aliphatic hydroxyl groups excluding tert-OH is 2. The number of amides is 1. The topological polar surface area (TPSA) is 218 Å². The van der Waals surface area contributed by atoms with Gasteiger partial charge in [-0.3, -0.25) is 18.9 Å². The monoisotopic (exact) mass is 685 g/mol. The van der Waals surface area contributed by atoms with Gasteiger partial charge in [0.2, 0.25) is 5.78 Å². The molecule has 0 bridgehead atoms. The number of allylic oxidation sites excluding steroid dienone is 2. The number of Topliss-reactive ketones (excluding diaryl/α,β-unsaturated/α-hetero) is 2. The Bertz CT molecular complexity index is 1780. The van der Waals surface area contributed by atoms with E-state index in [2.05, 4.69) is 5.32 Å². The van der Waals surface area contributed by atoms with Crippen molar-refractivity contribution < 1.29 is 53.2 Å². The number of hydrogen-bond acceptors (Lipinski definition) is 13. The highest BCUT2D eigenvalue weighted by atomic mass is 31.2. The lowest BCUT2D eigenvalue weighted by atomic mass is 9.60. The summed E-state index contributed by atoms with van der Waals surface area (Å²) in [5.41, 5.74) is 2.70. The molecule has 0 saturated heterocycles.